The predicted molar refractivity (Wildman–Crippen MR) is 195 cm³/mol. The molecular weight excluding hydrogens is 665 g/mol. The minimum Gasteiger partial charge on any atom is -0.474 e. The normalized spacial score (nSPS) is 23.7. The largest absolute Gasteiger partial charge is 0.474 e. The molecule has 0 radical (unpaired) electrons. The first-order chi connectivity index (χ1) is 24.5. The number of pyridine rings is 2. The highest BCUT2D eigenvalue weighted by molar-refractivity contribution is 7.86. The molecule has 3 heterocycles. The number of ether oxygens (including phenoxy) is 2. The number of unbranched alkanes of at least 4 members (excludes halogenated alkanes) is 1. The maximum atomic E-state index is 13.5. The fourth-order valence-corrected chi connectivity index (χ4v) is 9.37. The summed E-state index contributed by atoms with van der Waals surface area (Å²) in [7, 11) is 0.282. The Balaban J connectivity index is 0.739. The second kappa shape index (κ2) is 13.0. The van der Waals surface area contributed by atoms with Gasteiger partial charge in [-0.05, 0) is 80.3 Å². The molecule has 9 rings (SSSR count). The van der Waals surface area contributed by atoms with Gasteiger partial charge in [0.2, 0.25) is 11.8 Å². The Kier molecular flexibility index (Phi) is 8.63. The van der Waals surface area contributed by atoms with E-state index in [2.05, 4.69) is 45.8 Å². The van der Waals surface area contributed by atoms with E-state index in [4.69, 9.17) is 13.7 Å². The number of carbonyl (C=O) groups excluding carboxylic acids is 1. The molecule has 4 aliphatic carbocycles. The van der Waals surface area contributed by atoms with Crippen LogP contribution in [-0.4, -0.2) is 72.8 Å². The van der Waals surface area contributed by atoms with E-state index in [0.717, 1.165) is 71.6 Å². The van der Waals surface area contributed by atoms with E-state index in [9.17, 15) is 13.2 Å². The number of fused-ring (bicyclic) bond motifs is 3. The number of nitrogens with zero attached hydrogens (tertiary/aromatic N) is 4. The van der Waals surface area contributed by atoms with Gasteiger partial charge in [0.05, 0.1) is 29.0 Å². The summed E-state index contributed by atoms with van der Waals surface area (Å²) in [6, 6.07) is 19.3. The summed E-state index contributed by atoms with van der Waals surface area (Å²) >= 11 is 0. The Morgan fingerprint density at radius 2 is 1.67 bits per heavy atom. The lowest BCUT2D eigenvalue weighted by atomic mass is 9.35. The molecule has 0 spiro atoms. The van der Waals surface area contributed by atoms with Gasteiger partial charge in [-0.2, -0.15) is 8.42 Å². The lowest BCUT2D eigenvalue weighted by Crippen LogP contribution is -2.70. The highest BCUT2D eigenvalue weighted by atomic mass is 32.2. The Morgan fingerprint density at radius 3 is 2.41 bits per heavy atom. The average Bonchev–Trinajstić information content (AvgIpc) is 3.37. The van der Waals surface area contributed by atoms with Crippen LogP contribution < -0.4 is 4.74 Å². The van der Waals surface area contributed by atoms with E-state index in [-0.39, 0.29) is 40.4 Å². The van der Waals surface area contributed by atoms with Crippen LogP contribution >= 0.6 is 0 Å². The SMILES string of the molecule is Cc1ccc(S(=O)(=O)OCCCCOCC23CC(C(=O)N(C)[C@H]4C[C@H](Oc5ccc(-c6ccc7c8cnccc8n(C)c7c6)cn5)C4)(C2)C3)cc1. The van der Waals surface area contributed by atoms with Crippen molar-refractivity contribution in [3.8, 4) is 17.0 Å². The lowest BCUT2D eigenvalue weighted by molar-refractivity contribution is -0.235. The zero-order valence-corrected chi connectivity index (χ0v) is 30.2. The molecular formula is C40H44N4O6S. The first kappa shape index (κ1) is 33.8. The van der Waals surface area contributed by atoms with Crippen LogP contribution in [0.4, 0.5) is 0 Å². The number of carbonyl (C=O) groups is 1. The van der Waals surface area contributed by atoms with Crippen molar-refractivity contribution >= 4 is 37.8 Å². The van der Waals surface area contributed by atoms with E-state index in [0.29, 0.717) is 25.5 Å². The smallest absolute Gasteiger partial charge is 0.296 e. The number of aromatic nitrogens is 3. The van der Waals surface area contributed by atoms with Crippen LogP contribution in [0.25, 0.3) is 32.9 Å². The quantitative estimate of drug-likeness (QED) is 0.0911. The molecule has 10 nitrogen and oxygen atoms in total. The summed E-state index contributed by atoms with van der Waals surface area (Å²) in [6.45, 7) is 3.24. The van der Waals surface area contributed by atoms with Crippen molar-refractivity contribution in [1.29, 1.82) is 0 Å². The number of rotatable bonds is 14. The van der Waals surface area contributed by atoms with Crippen molar-refractivity contribution in [2.45, 2.75) is 68.9 Å². The van der Waals surface area contributed by atoms with Gasteiger partial charge in [-0.1, -0.05) is 29.8 Å². The molecule has 2 bridgehead atoms. The number of hydrogen-bond acceptors (Lipinski definition) is 8. The van der Waals surface area contributed by atoms with Crippen LogP contribution in [0.1, 0.15) is 50.5 Å². The topological polar surface area (TPSA) is 113 Å². The van der Waals surface area contributed by atoms with E-state index in [1.54, 1.807) is 24.3 Å². The molecule has 51 heavy (non-hydrogen) atoms. The van der Waals surface area contributed by atoms with E-state index >= 15 is 0 Å². The molecule has 2 aromatic carbocycles. The van der Waals surface area contributed by atoms with Gasteiger partial charge in [-0.25, -0.2) is 4.98 Å². The fraction of sp³-hybridized carbons (Fsp3) is 0.425. The van der Waals surface area contributed by atoms with Crippen molar-refractivity contribution in [3.05, 3.63) is 84.8 Å². The fourth-order valence-electron chi connectivity index (χ4n) is 8.43. The summed E-state index contributed by atoms with van der Waals surface area (Å²) in [5.41, 5.74) is 5.32. The molecule has 4 aliphatic rings. The van der Waals surface area contributed by atoms with Crippen molar-refractivity contribution in [2.24, 2.45) is 17.9 Å². The summed E-state index contributed by atoms with van der Waals surface area (Å²) < 4.78 is 44.1. The van der Waals surface area contributed by atoms with Gasteiger partial charge in [-0.15, -0.1) is 0 Å². The van der Waals surface area contributed by atoms with Gasteiger partial charge < -0.3 is 18.9 Å². The molecule has 0 saturated heterocycles. The number of aryl methyl sites for hydroxylation is 2. The standard InChI is InChI=1S/C40H44N4O6S/c1-27-6-10-32(11-7-27)51(46,47)49-17-5-4-16-48-26-39-23-40(24-39,25-39)38(45)43(2)30-19-31(20-30)50-37-13-9-29(21-42-37)28-8-12-33-34-22-41-15-14-35(34)44(3)36(33)18-28/h6-15,18,21-22,30-31H,4-5,16-17,19-20,23-26H2,1-3H3/t30-,31-,39?,40?. The molecule has 4 saturated carbocycles. The zero-order chi connectivity index (χ0) is 35.4. The van der Waals surface area contributed by atoms with E-state index in [1.807, 2.05) is 49.6 Å². The highest BCUT2D eigenvalue weighted by Gasteiger charge is 2.72. The average molecular weight is 709 g/mol. The maximum absolute atomic E-state index is 13.5. The van der Waals surface area contributed by atoms with Crippen LogP contribution in [0, 0.1) is 17.8 Å². The zero-order valence-electron chi connectivity index (χ0n) is 29.4. The number of amides is 1. The molecule has 0 aliphatic heterocycles. The van der Waals surface area contributed by atoms with Crippen LogP contribution in [0.3, 0.4) is 0 Å². The molecule has 3 aromatic heterocycles. The third-order valence-corrected chi connectivity index (χ3v) is 12.7. The number of benzene rings is 2. The molecule has 0 N–H and O–H groups in total. The minimum absolute atomic E-state index is 0.0465. The van der Waals surface area contributed by atoms with Gasteiger partial charge in [0.15, 0.2) is 0 Å². The lowest BCUT2D eigenvalue weighted by Gasteiger charge is -2.70. The van der Waals surface area contributed by atoms with Gasteiger partial charge >= 0.3 is 0 Å². The Bertz CT molecular complexity index is 2170. The second-order valence-corrected chi connectivity index (χ2v) is 16.6. The van der Waals surface area contributed by atoms with Crippen LogP contribution in [0.2, 0.25) is 0 Å². The summed E-state index contributed by atoms with van der Waals surface area (Å²) in [5.74, 6) is 0.857. The summed E-state index contributed by atoms with van der Waals surface area (Å²) in [4.78, 5) is 24.5. The maximum Gasteiger partial charge on any atom is 0.296 e. The van der Waals surface area contributed by atoms with E-state index in [1.165, 1.54) is 5.39 Å². The molecule has 0 unspecified atom stereocenters. The summed E-state index contributed by atoms with van der Waals surface area (Å²) in [5, 5.41) is 2.33. The molecule has 4 fully saturated rings. The molecule has 0 atom stereocenters. The second-order valence-electron chi connectivity index (χ2n) is 15.0. The third-order valence-electron chi connectivity index (χ3n) is 11.3. The first-order valence-electron chi connectivity index (χ1n) is 17.8. The van der Waals surface area contributed by atoms with Gasteiger partial charge in [0.1, 0.15) is 6.10 Å². The van der Waals surface area contributed by atoms with Crippen LogP contribution in [-0.2, 0) is 30.9 Å². The molecule has 266 valence electrons. The number of hydrogen-bond donors (Lipinski definition) is 0. The van der Waals surface area contributed by atoms with E-state index < -0.39 is 10.1 Å². The predicted octanol–water partition coefficient (Wildman–Crippen LogP) is 6.84. The third kappa shape index (κ3) is 6.29. The van der Waals surface area contributed by atoms with Gasteiger partial charge in [-0.3, -0.25) is 14.0 Å². The Labute approximate surface area is 298 Å². The minimum atomic E-state index is -3.73. The Hall–Kier alpha value is -4.32. The highest BCUT2D eigenvalue weighted by Crippen LogP contribution is 2.74. The van der Waals surface area contributed by atoms with Crippen LogP contribution in [0.15, 0.2) is 84.1 Å². The summed E-state index contributed by atoms with van der Waals surface area (Å²) in [6.07, 6.45) is 11.2. The molecule has 11 heteroatoms. The van der Waals surface area contributed by atoms with Crippen molar-refractivity contribution in [3.63, 3.8) is 0 Å². The van der Waals surface area contributed by atoms with Crippen molar-refractivity contribution in [1.82, 2.24) is 19.4 Å². The van der Waals surface area contributed by atoms with Gasteiger partial charge in [0, 0.05) is 86.1 Å². The van der Waals surface area contributed by atoms with Crippen molar-refractivity contribution in [2.75, 3.05) is 26.9 Å². The van der Waals surface area contributed by atoms with Crippen LogP contribution in [0.5, 0.6) is 5.88 Å². The Morgan fingerprint density at radius 1 is 0.922 bits per heavy atom. The van der Waals surface area contributed by atoms with Crippen molar-refractivity contribution < 1.29 is 26.9 Å². The monoisotopic (exact) mass is 708 g/mol. The molecule has 5 aromatic rings. The van der Waals surface area contributed by atoms with Gasteiger partial charge in [0.25, 0.3) is 10.1 Å². The first-order valence-corrected chi connectivity index (χ1v) is 19.2. The molecule has 1 amide bonds.